The van der Waals surface area contributed by atoms with Gasteiger partial charge in [-0.3, -0.25) is 0 Å². The summed E-state index contributed by atoms with van der Waals surface area (Å²) in [6, 6.07) is 0. The van der Waals surface area contributed by atoms with E-state index in [0.29, 0.717) is 10.9 Å². The molecule has 0 rings (SSSR count). The lowest BCUT2D eigenvalue weighted by molar-refractivity contribution is 0.155. The van der Waals surface area contributed by atoms with Gasteiger partial charge in [0.2, 0.25) is 0 Å². The predicted octanol–water partition coefficient (Wildman–Crippen LogP) is 1.99. The van der Waals surface area contributed by atoms with Crippen LogP contribution in [0.25, 0.3) is 0 Å². The molecule has 0 fully saturated rings. The van der Waals surface area contributed by atoms with Gasteiger partial charge in [-0.15, -0.1) is 11.6 Å². The van der Waals surface area contributed by atoms with E-state index >= 15 is 0 Å². The molecule has 0 spiro atoms. The van der Waals surface area contributed by atoms with Crippen LogP contribution in [0.5, 0.6) is 0 Å². The SMILES string of the molecule is C=C(Cl)C(CCl)OC. The van der Waals surface area contributed by atoms with Crippen LogP contribution in [0.1, 0.15) is 0 Å². The highest BCUT2D eigenvalue weighted by atomic mass is 35.5. The topological polar surface area (TPSA) is 9.23 Å². The van der Waals surface area contributed by atoms with E-state index in [4.69, 9.17) is 27.9 Å². The van der Waals surface area contributed by atoms with E-state index in [9.17, 15) is 0 Å². The first-order valence-corrected chi connectivity index (χ1v) is 3.06. The third-order valence-electron chi connectivity index (χ3n) is 0.774. The molecule has 0 aromatic rings. The van der Waals surface area contributed by atoms with Crippen molar-refractivity contribution in [3.05, 3.63) is 11.6 Å². The maximum absolute atomic E-state index is 5.44. The van der Waals surface area contributed by atoms with Crippen LogP contribution in [-0.4, -0.2) is 19.1 Å². The van der Waals surface area contributed by atoms with Crippen LogP contribution in [-0.2, 0) is 4.74 Å². The van der Waals surface area contributed by atoms with Crippen molar-refractivity contribution in [3.63, 3.8) is 0 Å². The molecule has 0 radical (unpaired) electrons. The molecule has 3 heteroatoms. The monoisotopic (exact) mass is 154 g/mol. The molecule has 0 bridgehead atoms. The van der Waals surface area contributed by atoms with E-state index < -0.39 is 0 Å². The van der Waals surface area contributed by atoms with Crippen LogP contribution >= 0.6 is 23.2 Å². The Bertz CT molecular complexity index is 78.5. The van der Waals surface area contributed by atoms with Gasteiger partial charge in [-0.2, -0.15) is 0 Å². The van der Waals surface area contributed by atoms with E-state index in [1.807, 2.05) is 0 Å². The first-order valence-electron chi connectivity index (χ1n) is 2.15. The van der Waals surface area contributed by atoms with Gasteiger partial charge in [0.05, 0.1) is 5.88 Å². The number of alkyl halides is 1. The van der Waals surface area contributed by atoms with Crippen molar-refractivity contribution in [2.24, 2.45) is 0 Å². The van der Waals surface area contributed by atoms with Gasteiger partial charge in [0.15, 0.2) is 0 Å². The molecule has 48 valence electrons. The zero-order chi connectivity index (χ0) is 6.57. The van der Waals surface area contributed by atoms with Crippen molar-refractivity contribution in [3.8, 4) is 0 Å². The fourth-order valence-electron chi connectivity index (χ4n) is 0.275. The molecule has 0 aliphatic rings. The average molecular weight is 155 g/mol. The standard InChI is InChI=1S/C5H8Cl2O/c1-4(7)5(3-6)8-2/h5H,1,3H2,2H3. The minimum absolute atomic E-state index is 0.210. The molecule has 1 unspecified atom stereocenters. The number of hydrogen-bond acceptors (Lipinski definition) is 1. The van der Waals surface area contributed by atoms with Gasteiger partial charge in [-0.05, 0) is 0 Å². The van der Waals surface area contributed by atoms with Gasteiger partial charge >= 0.3 is 0 Å². The van der Waals surface area contributed by atoms with Crippen LogP contribution in [0, 0.1) is 0 Å². The van der Waals surface area contributed by atoms with Crippen LogP contribution < -0.4 is 0 Å². The number of ether oxygens (including phenoxy) is 1. The largest absolute Gasteiger partial charge is 0.375 e. The molecule has 1 atom stereocenters. The van der Waals surface area contributed by atoms with Gasteiger partial charge in [0.25, 0.3) is 0 Å². The summed E-state index contributed by atoms with van der Waals surface area (Å²) >= 11 is 10.8. The smallest absolute Gasteiger partial charge is 0.105 e. The van der Waals surface area contributed by atoms with Crippen molar-refractivity contribution >= 4 is 23.2 Å². The lowest BCUT2D eigenvalue weighted by atomic mass is 10.4. The Labute approximate surface area is 59.2 Å². The Morgan fingerprint density at radius 2 is 2.38 bits per heavy atom. The zero-order valence-electron chi connectivity index (χ0n) is 4.66. The summed E-state index contributed by atoms with van der Waals surface area (Å²) in [5, 5.41) is 0.447. The first-order chi connectivity index (χ1) is 3.72. The van der Waals surface area contributed by atoms with Gasteiger partial charge in [-0.25, -0.2) is 0 Å². The Balaban J connectivity index is 3.52. The summed E-state index contributed by atoms with van der Waals surface area (Å²) in [7, 11) is 1.54. The van der Waals surface area contributed by atoms with Gasteiger partial charge in [0, 0.05) is 12.1 Å². The molecule has 0 saturated carbocycles. The number of rotatable bonds is 3. The molecule has 0 aliphatic carbocycles. The quantitative estimate of drug-likeness (QED) is 0.566. The average Bonchev–Trinajstić information content (AvgIpc) is 1.69. The Hall–Kier alpha value is 0.280. The van der Waals surface area contributed by atoms with E-state index in [1.165, 1.54) is 0 Å². The van der Waals surface area contributed by atoms with E-state index in [0.717, 1.165) is 0 Å². The molecule has 0 N–H and O–H groups in total. The Morgan fingerprint density at radius 1 is 1.88 bits per heavy atom. The maximum atomic E-state index is 5.44. The Morgan fingerprint density at radius 3 is 2.38 bits per heavy atom. The second-order valence-corrected chi connectivity index (χ2v) is 2.12. The highest BCUT2D eigenvalue weighted by Gasteiger charge is 2.05. The van der Waals surface area contributed by atoms with Crippen molar-refractivity contribution in [1.82, 2.24) is 0 Å². The lowest BCUT2D eigenvalue weighted by Gasteiger charge is -2.07. The molecule has 0 aromatic heterocycles. The molecule has 0 aliphatic heterocycles. The molecule has 0 heterocycles. The number of methoxy groups -OCH3 is 1. The molecule has 0 saturated heterocycles. The Kier molecular flexibility index (Phi) is 4.33. The second kappa shape index (κ2) is 4.19. The fraction of sp³-hybridized carbons (Fsp3) is 0.600. The first kappa shape index (κ1) is 8.28. The van der Waals surface area contributed by atoms with E-state index in [-0.39, 0.29) is 6.10 Å². The summed E-state index contributed by atoms with van der Waals surface area (Å²) in [5.41, 5.74) is 0. The van der Waals surface area contributed by atoms with Gasteiger partial charge in [-0.1, -0.05) is 18.2 Å². The van der Waals surface area contributed by atoms with Crippen LogP contribution in [0.2, 0.25) is 0 Å². The van der Waals surface area contributed by atoms with E-state index in [1.54, 1.807) is 7.11 Å². The number of halogens is 2. The molecule has 0 aromatic carbocycles. The zero-order valence-corrected chi connectivity index (χ0v) is 6.17. The van der Waals surface area contributed by atoms with Crippen LogP contribution in [0.3, 0.4) is 0 Å². The van der Waals surface area contributed by atoms with Gasteiger partial charge < -0.3 is 4.74 Å². The van der Waals surface area contributed by atoms with Crippen molar-refractivity contribution in [1.29, 1.82) is 0 Å². The molecule has 8 heavy (non-hydrogen) atoms. The minimum atomic E-state index is -0.210. The van der Waals surface area contributed by atoms with Crippen molar-refractivity contribution < 1.29 is 4.74 Å². The summed E-state index contributed by atoms with van der Waals surface area (Å²) in [4.78, 5) is 0. The third kappa shape index (κ3) is 2.55. The number of hydrogen-bond donors (Lipinski definition) is 0. The summed E-state index contributed by atoms with van der Waals surface area (Å²) in [5.74, 6) is 0.360. The molecular weight excluding hydrogens is 147 g/mol. The third-order valence-corrected chi connectivity index (χ3v) is 1.30. The van der Waals surface area contributed by atoms with Gasteiger partial charge in [0.1, 0.15) is 6.10 Å². The lowest BCUT2D eigenvalue weighted by Crippen LogP contribution is -2.11. The minimum Gasteiger partial charge on any atom is -0.375 e. The van der Waals surface area contributed by atoms with Crippen molar-refractivity contribution in [2.45, 2.75) is 6.10 Å². The maximum Gasteiger partial charge on any atom is 0.105 e. The molecular formula is C5H8Cl2O. The van der Waals surface area contributed by atoms with Crippen LogP contribution in [0.4, 0.5) is 0 Å². The summed E-state index contributed by atoms with van der Waals surface area (Å²) in [6.45, 7) is 3.45. The van der Waals surface area contributed by atoms with Crippen molar-refractivity contribution in [2.75, 3.05) is 13.0 Å². The molecule has 0 amide bonds. The molecule has 1 nitrogen and oxygen atoms in total. The second-order valence-electron chi connectivity index (χ2n) is 1.33. The normalized spacial score (nSPS) is 13.4. The fourth-order valence-corrected chi connectivity index (χ4v) is 0.832. The highest BCUT2D eigenvalue weighted by Crippen LogP contribution is 2.08. The highest BCUT2D eigenvalue weighted by molar-refractivity contribution is 6.30. The van der Waals surface area contributed by atoms with E-state index in [2.05, 4.69) is 6.58 Å². The predicted molar refractivity (Wildman–Crippen MR) is 36.5 cm³/mol. The van der Waals surface area contributed by atoms with Crippen LogP contribution in [0.15, 0.2) is 11.6 Å². The summed E-state index contributed by atoms with van der Waals surface area (Å²) < 4.78 is 4.80. The summed E-state index contributed by atoms with van der Waals surface area (Å²) in [6.07, 6.45) is -0.210.